The number of likely N-dealkylation sites (N-methyl/N-ethyl adjacent to an activating group) is 1. The molecule has 0 spiro atoms. The summed E-state index contributed by atoms with van der Waals surface area (Å²) in [6, 6.07) is 7.01. The number of aryl methyl sites for hydroxylation is 1. The Morgan fingerprint density at radius 2 is 2.10 bits per heavy atom. The van der Waals surface area contributed by atoms with Crippen LogP contribution >= 0.6 is 23.4 Å². The Morgan fingerprint density at radius 3 is 2.75 bits per heavy atom. The van der Waals surface area contributed by atoms with Crippen LogP contribution in [0.4, 0.5) is 0 Å². The van der Waals surface area contributed by atoms with Crippen molar-refractivity contribution in [1.29, 1.82) is 0 Å². The normalized spacial score (nSPS) is 18.1. The lowest BCUT2D eigenvalue weighted by Crippen LogP contribution is -2.34. The standard InChI is InChI=1S/C17H26ClNS/c1-3-19-16(11-14-6-8-20-9-7-14)12-15-5-4-13(2)10-17(15)18/h4-5,10,14,16,19H,3,6-9,11-12H2,1-2H3. The van der Waals surface area contributed by atoms with Gasteiger partial charge in [0.1, 0.15) is 0 Å². The Kier molecular flexibility index (Phi) is 6.73. The van der Waals surface area contributed by atoms with Crippen molar-refractivity contribution in [3.63, 3.8) is 0 Å². The topological polar surface area (TPSA) is 12.0 Å². The highest BCUT2D eigenvalue weighted by atomic mass is 35.5. The van der Waals surface area contributed by atoms with E-state index in [0.29, 0.717) is 6.04 Å². The van der Waals surface area contributed by atoms with Crippen molar-refractivity contribution in [2.45, 2.75) is 45.6 Å². The third-order valence-corrected chi connectivity index (χ3v) is 5.53. The van der Waals surface area contributed by atoms with E-state index in [1.165, 1.54) is 41.9 Å². The van der Waals surface area contributed by atoms with Crippen LogP contribution in [-0.4, -0.2) is 24.1 Å². The van der Waals surface area contributed by atoms with Crippen molar-refractivity contribution >= 4 is 23.4 Å². The Bertz CT molecular complexity index is 415. The molecule has 0 amide bonds. The minimum Gasteiger partial charge on any atom is -0.314 e. The fourth-order valence-corrected chi connectivity index (χ4v) is 4.51. The summed E-state index contributed by atoms with van der Waals surface area (Å²) in [5.41, 5.74) is 2.52. The fourth-order valence-electron chi connectivity index (χ4n) is 3.00. The van der Waals surface area contributed by atoms with Crippen molar-refractivity contribution in [2.24, 2.45) is 5.92 Å². The molecule has 1 fully saturated rings. The quantitative estimate of drug-likeness (QED) is 0.817. The molecule has 1 nitrogen and oxygen atoms in total. The number of thioether (sulfide) groups is 1. The SMILES string of the molecule is CCNC(Cc1ccc(C)cc1Cl)CC1CCSCC1. The van der Waals surface area contributed by atoms with E-state index in [2.05, 4.69) is 49.1 Å². The van der Waals surface area contributed by atoms with E-state index in [-0.39, 0.29) is 0 Å². The lowest BCUT2D eigenvalue weighted by Gasteiger charge is -2.27. The van der Waals surface area contributed by atoms with Gasteiger partial charge in [-0.05, 0) is 73.8 Å². The molecule has 0 aromatic heterocycles. The number of benzene rings is 1. The van der Waals surface area contributed by atoms with Gasteiger partial charge < -0.3 is 5.32 Å². The second-order valence-electron chi connectivity index (χ2n) is 5.85. The van der Waals surface area contributed by atoms with E-state index in [1.807, 2.05) is 0 Å². The lowest BCUT2D eigenvalue weighted by molar-refractivity contribution is 0.366. The highest BCUT2D eigenvalue weighted by Crippen LogP contribution is 2.28. The first-order chi connectivity index (χ1) is 9.69. The molecule has 1 aliphatic rings. The van der Waals surface area contributed by atoms with E-state index in [1.54, 1.807) is 0 Å². The second-order valence-corrected chi connectivity index (χ2v) is 7.48. The molecule has 1 aliphatic heterocycles. The molecule has 1 heterocycles. The molecule has 1 aromatic rings. The highest BCUT2D eigenvalue weighted by molar-refractivity contribution is 7.99. The molecule has 3 heteroatoms. The van der Waals surface area contributed by atoms with E-state index in [9.17, 15) is 0 Å². The summed E-state index contributed by atoms with van der Waals surface area (Å²) in [7, 11) is 0. The predicted molar refractivity (Wildman–Crippen MR) is 92.0 cm³/mol. The van der Waals surface area contributed by atoms with Gasteiger partial charge in [-0.2, -0.15) is 11.8 Å². The van der Waals surface area contributed by atoms with Crippen LogP contribution < -0.4 is 5.32 Å². The minimum atomic E-state index is 0.563. The molecular formula is C17H26ClNS. The Balaban J connectivity index is 1.96. The maximum Gasteiger partial charge on any atom is 0.0441 e. The average molecular weight is 312 g/mol. The van der Waals surface area contributed by atoms with Crippen LogP contribution in [-0.2, 0) is 6.42 Å². The van der Waals surface area contributed by atoms with Gasteiger partial charge in [-0.25, -0.2) is 0 Å². The van der Waals surface area contributed by atoms with Gasteiger partial charge in [0, 0.05) is 11.1 Å². The molecule has 1 saturated heterocycles. The van der Waals surface area contributed by atoms with Crippen molar-refractivity contribution in [3.8, 4) is 0 Å². The number of halogens is 1. The van der Waals surface area contributed by atoms with E-state index in [4.69, 9.17) is 11.6 Å². The first kappa shape index (κ1) is 16.2. The summed E-state index contributed by atoms with van der Waals surface area (Å²) in [6.07, 6.45) is 5.11. The Hall–Kier alpha value is -0.180. The summed E-state index contributed by atoms with van der Waals surface area (Å²) in [5, 5.41) is 4.58. The van der Waals surface area contributed by atoms with Crippen molar-refractivity contribution in [2.75, 3.05) is 18.1 Å². The van der Waals surface area contributed by atoms with E-state index >= 15 is 0 Å². The van der Waals surface area contributed by atoms with E-state index in [0.717, 1.165) is 23.9 Å². The summed E-state index contributed by atoms with van der Waals surface area (Å²) in [5.74, 6) is 3.58. The van der Waals surface area contributed by atoms with Crippen LogP contribution in [0.3, 0.4) is 0 Å². The monoisotopic (exact) mass is 311 g/mol. The molecule has 1 N–H and O–H groups in total. The molecule has 2 rings (SSSR count). The Morgan fingerprint density at radius 1 is 1.35 bits per heavy atom. The van der Waals surface area contributed by atoms with Gasteiger partial charge in [-0.1, -0.05) is 30.7 Å². The third kappa shape index (κ3) is 4.98. The van der Waals surface area contributed by atoms with Crippen LogP contribution in [0, 0.1) is 12.8 Å². The Labute approximate surface area is 132 Å². The van der Waals surface area contributed by atoms with Gasteiger partial charge in [0.25, 0.3) is 0 Å². The van der Waals surface area contributed by atoms with Gasteiger partial charge in [0.15, 0.2) is 0 Å². The number of hydrogen-bond acceptors (Lipinski definition) is 2. The van der Waals surface area contributed by atoms with Crippen molar-refractivity contribution < 1.29 is 0 Å². The molecule has 1 aromatic carbocycles. The zero-order valence-electron chi connectivity index (χ0n) is 12.6. The molecule has 0 saturated carbocycles. The van der Waals surface area contributed by atoms with Crippen LogP contribution in [0.15, 0.2) is 18.2 Å². The summed E-state index contributed by atoms with van der Waals surface area (Å²) < 4.78 is 0. The number of rotatable bonds is 6. The zero-order valence-corrected chi connectivity index (χ0v) is 14.2. The predicted octanol–water partition coefficient (Wildman–Crippen LogP) is 4.70. The van der Waals surface area contributed by atoms with Crippen LogP contribution in [0.25, 0.3) is 0 Å². The van der Waals surface area contributed by atoms with Crippen LogP contribution in [0.1, 0.15) is 37.3 Å². The fraction of sp³-hybridized carbons (Fsp3) is 0.647. The zero-order chi connectivity index (χ0) is 14.4. The summed E-state index contributed by atoms with van der Waals surface area (Å²) >= 11 is 8.49. The molecule has 1 atom stereocenters. The summed E-state index contributed by atoms with van der Waals surface area (Å²) in [4.78, 5) is 0. The average Bonchev–Trinajstić information content (AvgIpc) is 2.43. The number of nitrogens with one attached hydrogen (secondary N) is 1. The molecule has 1 unspecified atom stereocenters. The molecule has 0 bridgehead atoms. The van der Waals surface area contributed by atoms with Gasteiger partial charge in [0.05, 0.1) is 0 Å². The van der Waals surface area contributed by atoms with Gasteiger partial charge in [-0.3, -0.25) is 0 Å². The summed E-state index contributed by atoms with van der Waals surface area (Å²) in [6.45, 7) is 5.33. The highest BCUT2D eigenvalue weighted by Gasteiger charge is 2.19. The first-order valence-corrected chi connectivity index (χ1v) is 9.28. The molecule has 0 aliphatic carbocycles. The van der Waals surface area contributed by atoms with Crippen LogP contribution in [0.5, 0.6) is 0 Å². The lowest BCUT2D eigenvalue weighted by atomic mass is 9.91. The van der Waals surface area contributed by atoms with E-state index < -0.39 is 0 Å². The maximum absolute atomic E-state index is 6.39. The molecule has 20 heavy (non-hydrogen) atoms. The van der Waals surface area contributed by atoms with Gasteiger partial charge in [-0.15, -0.1) is 0 Å². The molecular weight excluding hydrogens is 286 g/mol. The van der Waals surface area contributed by atoms with Crippen molar-refractivity contribution in [1.82, 2.24) is 5.32 Å². The molecule has 112 valence electrons. The second kappa shape index (κ2) is 8.31. The van der Waals surface area contributed by atoms with Crippen LogP contribution in [0.2, 0.25) is 5.02 Å². The van der Waals surface area contributed by atoms with Gasteiger partial charge >= 0.3 is 0 Å². The smallest absolute Gasteiger partial charge is 0.0441 e. The maximum atomic E-state index is 6.39. The minimum absolute atomic E-state index is 0.563. The van der Waals surface area contributed by atoms with Crippen molar-refractivity contribution in [3.05, 3.63) is 34.3 Å². The third-order valence-electron chi connectivity index (χ3n) is 4.13. The number of hydrogen-bond donors (Lipinski definition) is 1. The molecule has 0 radical (unpaired) electrons. The largest absolute Gasteiger partial charge is 0.314 e. The van der Waals surface area contributed by atoms with Gasteiger partial charge in [0.2, 0.25) is 0 Å². The first-order valence-electron chi connectivity index (χ1n) is 7.75.